The second-order valence-corrected chi connectivity index (χ2v) is 5.27. The highest BCUT2D eigenvalue weighted by atomic mass is 35.5. The van der Waals surface area contributed by atoms with Crippen LogP contribution in [0.15, 0.2) is 23.2 Å². The third kappa shape index (κ3) is 5.39. The maximum Gasteiger partial charge on any atom is 0.291 e. The Morgan fingerprint density at radius 2 is 2.05 bits per heavy atom. The Labute approximate surface area is 129 Å². The van der Waals surface area contributed by atoms with Gasteiger partial charge < -0.3 is 4.74 Å². The van der Waals surface area contributed by atoms with Gasteiger partial charge >= 0.3 is 0 Å². The Morgan fingerprint density at radius 3 is 2.60 bits per heavy atom. The van der Waals surface area contributed by atoms with Crippen LogP contribution in [-0.4, -0.2) is 24.6 Å². The van der Waals surface area contributed by atoms with Crippen LogP contribution in [0.3, 0.4) is 0 Å². The van der Waals surface area contributed by atoms with Crippen molar-refractivity contribution < 1.29 is 9.53 Å². The van der Waals surface area contributed by atoms with Gasteiger partial charge in [-0.2, -0.15) is 0 Å². The molecule has 1 rings (SSSR count). The Kier molecular flexibility index (Phi) is 6.82. The highest BCUT2D eigenvalue weighted by Crippen LogP contribution is 2.22. The summed E-state index contributed by atoms with van der Waals surface area (Å²) in [6.45, 7) is 6.28. The number of hydrogen-bond donors (Lipinski definition) is 1. The fraction of sp³-hybridized carbons (Fsp3) is 0.429. The summed E-state index contributed by atoms with van der Waals surface area (Å²) in [6.07, 6.45) is 0.833. The summed E-state index contributed by atoms with van der Waals surface area (Å²) in [6, 6.07) is 4.92. The van der Waals surface area contributed by atoms with Crippen molar-refractivity contribution in [3.05, 3.63) is 33.8 Å². The minimum atomic E-state index is -0.334. The number of aliphatic imine (C=N–C) groups is 1. The van der Waals surface area contributed by atoms with E-state index in [0.29, 0.717) is 22.2 Å². The summed E-state index contributed by atoms with van der Waals surface area (Å²) < 4.78 is 5.41. The number of carbonyl (C=O) groups is 1. The normalized spacial score (nSPS) is 11.6. The number of ether oxygens (including phenoxy) is 1. The average Bonchev–Trinajstić information content (AvgIpc) is 2.38. The summed E-state index contributed by atoms with van der Waals surface area (Å²) in [5, 5.41) is 3.37. The zero-order valence-corrected chi connectivity index (χ0v) is 13.3. The first-order valence-corrected chi connectivity index (χ1v) is 7.16. The van der Waals surface area contributed by atoms with Crippen LogP contribution in [0.1, 0.15) is 37.6 Å². The van der Waals surface area contributed by atoms with Crippen molar-refractivity contribution in [3.8, 4) is 0 Å². The number of hydrogen-bond acceptors (Lipinski definition) is 3. The lowest BCUT2D eigenvalue weighted by Crippen LogP contribution is -2.33. The molecule has 0 aliphatic heterocycles. The summed E-state index contributed by atoms with van der Waals surface area (Å²) in [5.74, 6) is -0.334. The van der Waals surface area contributed by atoms with Gasteiger partial charge in [0.1, 0.15) is 0 Å². The van der Waals surface area contributed by atoms with Crippen LogP contribution in [0.5, 0.6) is 0 Å². The summed E-state index contributed by atoms with van der Waals surface area (Å²) in [7, 11) is 0. The molecule has 0 aliphatic rings. The summed E-state index contributed by atoms with van der Waals surface area (Å²) >= 11 is 11.7. The monoisotopic (exact) mass is 316 g/mol. The zero-order chi connectivity index (χ0) is 15.1. The number of nitrogens with one attached hydrogen (secondary N) is 1. The highest BCUT2D eigenvalue weighted by molar-refractivity contribution is 6.42. The molecule has 1 aromatic rings. The van der Waals surface area contributed by atoms with Crippen molar-refractivity contribution in [2.75, 3.05) is 6.61 Å². The molecule has 0 atom stereocenters. The van der Waals surface area contributed by atoms with Crippen molar-refractivity contribution in [2.45, 2.75) is 33.2 Å². The van der Waals surface area contributed by atoms with Crippen LogP contribution >= 0.6 is 23.2 Å². The number of amides is 1. The first-order chi connectivity index (χ1) is 9.43. The van der Waals surface area contributed by atoms with E-state index in [1.165, 1.54) is 6.07 Å². The maximum atomic E-state index is 12.1. The molecule has 0 radical (unpaired) electrons. The number of amidine groups is 1. The number of nitrogens with zero attached hydrogens (tertiary/aromatic N) is 1. The Morgan fingerprint density at radius 1 is 1.35 bits per heavy atom. The van der Waals surface area contributed by atoms with E-state index in [-0.39, 0.29) is 18.0 Å². The van der Waals surface area contributed by atoms with Crippen LogP contribution in [0.2, 0.25) is 10.0 Å². The molecule has 0 aromatic heterocycles. The molecule has 6 heteroatoms. The predicted octanol–water partition coefficient (Wildman–Crippen LogP) is 3.91. The van der Waals surface area contributed by atoms with Gasteiger partial charge in [0.15, 0.2) is 0 Å². The Hall–Kier alpha value is -1.26. The molecular weight excluding hydrogens is 299 g/mol. The molecule has 4 nitrogen and oxygen atoms in total. The van der Waals surface area contributed by atoms with Crippen molar-refractivity contribution in [1.29, 1.82) is 0 Å². The molecule has 20 heavy (non-hydrogen) atoms. The molecule has 0 spiro atoms. The van der Waals surface area contributed by atoms with Crippen molar-refractivity contribution in [2.24, 2.45) is 4.99 Å². The van der Waals surface area contributed by atoms with Gasteiger partial charge in [0.2, 0.25) is 0 Å². The molecule has 0 saturated heterocycles. The minimum absolute atomic E-state index is 0.0240. The first-order valence-electron chi connectivity index (χ1n) is 6.41. The molecule has 0 bridgehead atoms. The van der Waals surface area contributed by atoms with Crippen LogP contribution in [0.25, 0.3) is 0 Å². The molecule has 0 unspecified atom stereocenters. The smallest absolute Gasteiger partial charge is 0.291 e. The van der Waals surface area contributed by atoms with Gasteiger partial charge in [-0.05, 0) is 38.5 Å². The molecule has 0 aliphatic carbocycles. The van der Waals surface area contributed by atoms with Crippen molar-refractivity contribution in [1.82, 2.24) is 5.32 Å². The predicted molar refractivity (Wildman–Crippen MR) is 82.7 cm³/mol. The van der Waals surface area contributed by atoms with Crippen LogP contribution in [-0.2, 0) is 4.74 Å². The lowest BCUT2D eigenvalue weighted by Gasteiger charge is -2.11. The highest BCUT2D eigenvalue weighted by Gasteiger charge is 2.12. The third-order valence-corrected chi connectivity index (χ3v) is 2.96. The van der Waals surface area contributed by atoms with E-state index >= 15 is 0 Å². The van der Waals surface area contributed by atoms with E-state index < -0.39 is 0 Å². The van der Waals surface area contributed by atoms with Gasteiger partial charge in [0.25, 0.3) is 11.9 Å². The molecule has 110 valence electrons. The molecule has 0 fully saturated rings. The quantitative estimate of drug-likeness (QED) is 0.676. The minimum Gasteiger partial charge on any atom is -0.465 e. The SMILES string of the molecule is CCCOC(=NC(C)C)NC(=O)c1ccc(Cl)c(Cl)c1. The Bertz CT molecular complexity index is 502. The summed E-state index contributed by atoms with van der Waals surface area (Å²) in [4.78, 5) is 16.3. The lowest BCUT2D eigenvalue weighted by molar-refractivity contribution is 0.0965. The topological polar surface area (TPSA) is 50.7 Å². The van der Waals surface area contributed by atoms with E-state index in [1.807, 2.05) is 20.8 Å². The van der Waals surface area contributed by atoms with Gasteiger partial charge in [0, 0.05) is 11.6 Å². The van der Waals surface area contributed by atoms with Gasteiger partial charge in [-0.25, -0.2) is 4.99 Å². The molecule has 1 amide bonds. The van der Waals surface area contributed by atoms with E-state index in [1.54, 1.807) is 12.1 Å². The van der Waals surface area contributed by atoms with Gasteiger partial charge in [-0.1, -0.05) is 30.1 Å². The fourth-order valence-corrected chi connectivity index (χ4v) is 1.64. The van der Waals surface area contributed by atoms with E-state index in [0.717, 1.165) is 6.42 Å². The van der Waals surface area contributed by atoms with Gasteiger partial charge in [-0.3, -0.25) is 10.1 Å². The number of benzene rings is 1. The first kappa shape index (κ1) is 16.8. The third-order valence-electron chi connectivity index (χ3n) is 2.22. The van der Waals surface area contributed by atoms with Gasteiger partial charge in [-0.15, -0.1) is 0 Å². The fourth-order valence-electron chi connectivity index (χ4n) is 1.35. The number of halogens is 2. The molecule has 1 N–H and O–H groups in total. The van der Waals surface area contributed by atoms with E-state index in [9.17, 15) is 4.79 Å². The van der Waals surface area contributed by atoms with Crippen LogP contribution < -0.4 is 5.32 Å². The van der Waals surface area contributed by atoms with Crippen molar-refractivity contribution >= 4 is 35.1 Å². The van der Waals surface area contributed by atoms with Crippen LogP contribution in [0, 0.1) is 0 Å². The summed E-state index contributed by atoms with van der Waals surface area (Å²) in [5.41, 5.74) is 0.399. The second-order valence-electron chi connectivity index (χ2n) is 4.46. The number of carbonyl (C=O) groups excluding carboxylic acids is 1. The zero-order valence-electron chi connectivity index (χ0n) is 11.7. The average molecular weight is 317 g/mol. The molecule has 1 aromatic carbocycles. The number of rotatable bonds is 4. The van der Waals surface area contributed by atoms with Crippen molar-refractivity contribution in [3.63, 3.8) is 0 Å². The Balaban J connectivity index is 2.81. The van der Waals surface area contributed by atoms with E-state index in [4.69, 9.17) is 27.9 Å². The standard InChI is InChI=1S/C14H18Cl2N2O2/c1-4-7-20-14(17-9(2)3)18-13(19)10-5-6-11(15)12(16)8-10/h5-6,8-9H,4,7H2,1-3H3,(H,17,18,19). The van der Waals surface area contributed by atoms with Gasteiger partial charge in [0.05, 0.1) is 16.7 Å². The second kappa shape index (κ2) is 8.12. The molecule has 0 heterocycles. The molecular formula is C14H18Cl2N2O2. The van der Waals surface area contributed by atoms with E-state index in [2.05, 4.69) is 10.3 Å². The largest absolute Gasteiger partial charge is 0.465 e. The van der Waals surface area contributed by atoms with Crippen LogP contribution in [0.4, 0.5) is 0 Å². The lowest BCUT2D eigenvalue weighted by atomic mass is 10.2. The molecule has 0 saturated carbocycles. The maximum absolute atomic E-state index is 12.1.